The SMILES string of the molecule is CC(C)C(OC(=O)c1ccccc1O)C(=O)NCc1ccccc1. The topological polar surface area (TPSA) is 75.6 Å². The van der Waals surface area contributed by atoms with Gasteiger partial charge in [-0.3, -0.25) is 4.79 Å². The summed E-state index contributed by atoms with van der Waals surface area (Å²) < 4.78 is 5.32. The molecule has 0 saturated heterocycles. The summed E-state index contributed by atoms with van der Waals surface area (Å²) in [4.78, 5) is 24.6. The highest BCUT2D eigenvalue weighted by molar-refractivity contribution is 5.94. The monoisotopic (exact) mass is 327 g/mol. The minimum Gasteiger partial charge on any atom is -0.507 e. The van der Waals surface area contributed by atoms with E-state index in [1.165, 1.54) is 12.1 Å². The van der Waals surface area contributed by atoms with Gasteiger partial charge in [-0.1, -0.05) is 56.3 Å². The van der Waals surface area contributed by atoms with E-state index < -0.39 is 12.1 Å². The maximum absolute atomic E-state index is 12.4. The van der Waals surface area contributed by atoms with Crippen molar-refractivity contribution in [3.63, 3.8) is 0 Å². The van der Waals surface area contributed by atoms with Crippen LogP contribution in [0, 0.1) is 5.92 Å². The Morgan fingerprint density at radius 2 is 1.67 bits per heavy atom. The fraction of sp³-hybridized carbons (Fsp3) is 0.263. The van der Waals surface area contributed by atoms with E-state index in [1.54, 1.807) is 26.0 Å². The summed E-state index contributed by atoms with van der Waals surface area (Å²) in [5.74, 6) is -1.45. The van der Waals surface area contributed by atoms with Gasteiger partial charge in [0.1, 0.15) is 11.3 Å². The van der Waals surface area contributed by atoms with Crippen molar-refractivity contribution in [3.8, 4) is 5.75 Å². The Balaban J connectivity index is 2.02. The molecular formula is C19H21NO4. The van der Waals surface area contributed by atoms with Gasteiger partial charge in [-0.15, -0.1) is 0 Å². The number of esters is 1. The molecule has 0 aliphatic rings. The van der Waals surface area contributed by atoms with E-state index in [4.69, 9.17) is 4.74 Å². The summed E-state index contributed by atoms with van der Waals surface area (Å²) in [5, 5.41) is 12.5. The molecule has 2 aromatic carbocycles. The quantitative estimate of drug-likeness (QED) is 0.800. The zero-order valence-electron chi connectivity index (χ0n) is 13.7. The van der Waals surface area contributed by atoms with Crippen molar-refractivity contribution < 1.29 is 19.4 Å². The zero-order valence-corrected chi connectivity index (χ0v) is 13.7. The molecule has 0 spiro atoms. The molecule has 0 aliphatic carbocycles. The summed E-state index contributed by atoms with van der Waals surface area (Å²) >= 11 is 0. The first-order valence-electron chi connectivity index (χ1n) is 7.79. The second kappa shape index (κ2) is 8.15. The van der Waals surface area contributed by atoms with Crippen molar-refractivity contribution in [3.05, 3.63) is 65.7 Å². The lowest BCUT2D eigenvalue weighted by molar-refractivity contribution is -0.132. The smallest absolute Gasteiger partial charge is 0.342 e. The first kappa shape index (κ1) is 17.5. The molecule has 0 aliphatic heterocycles. The first-order valence-corrected chi connectivity index (χ1v) is 7.79. The first-order chi connectivity index (χ1) is 11.5. The second-order valence-corrected chi connectivity index (χ2v) is 5.79. The summed E-state index contributed by atoms with van der Waals surface area (Å²) in [7, 11) is 0. The summed E-state index contributed by atoms with van der Waals surface area (Å²) in [6, 6.07) is 15.6. The Morgan fingerprint density at radius 3 is 2.29 bits per heavy atom. The van der Waals surface area contributed by atoms with Crippen molar-refractivity contribution in [2.24, 2.45) is 5.92 Å². The predicted octanol–water partition coefficient (Wildman–Crippen LogP) is 2.89. The fourth-order valence-electron chi connectivity index (χ4n) is 2.20. The van der Waals surface area contributed by atoms with Crippen LogP contribution in [0.1, 0.15) is 29.8 Å². The van der Waals surface area contributed by atoms with Crippen LogP contribution in [0.4, 0.5) is 0 Å². The van der Waals surface area contributed by atoms with Gasteiger partial charge >= 0.3 is 5.97 Å². The van der Waals surface area contributed by atoms with E-state index in [-0.39, 0.29) is 23.1 Å². The number of phenolic OH excluding ortho intramolecular Hbond substituents is 1. The molecule has 1 unspecified atom stereocenters. The lowest BCUT2D eigenvalue weighted by Gasteiger charge is -2.21. The van der Waals surface area contributed by atoms with Crippen molar-refractivity contribution in [1.29, 1.82) is 0 Å². The summed E-state index contributed by atoms with van der Waals surface area (Å²) in [5.41, 5.74) is 0.999. The molecule has 1 amide bonds. The van der Waals surface area contributed by atoms with Crippen LogP contribution < -0.4 is 5.32 Å². The summed E-state index contributed by atoms with van der Waals surface area (Å²) in [6.45, 7) is 3.95. The highest BCUT2D eigenvalue weighted by Crippen LogP contribution is 2.19. The van der Waals surface area contributed by atoms with Crippen LogP contribution in [0.25, 0.3) is 0 Å². The zero-order chi connectivity index (χ0) is 17.5. The number of para-hydroxylation sites is 1. The molecule has 1 atom stereocenters. The standard InChI is InChI=1S/C19H21NO4/c1-13(2)17(18(22)20-12-14-8-4-3-5-9-14)24-19(23)15-10-6-7-11-16(15)21/h3-11,13,17,21H,12H2,1-2H3,(H,20,22). The number of hydrogen-bond acceptors (Lipinski definition) is 4. The molecule has 2 aromatic rings. The molecule has 2 N–H and O–H groups in total. The number of amides is 1. The van der Waals surface area contributed by atoms with Crippen LogP contribution in [0.2, 0.25) is 0 Å². The number of carbonyl (C=O) groups excluding carboxylic acids is 2. The van der Waals surface area contributed by atoms with Gasteiger partial charge in [-0.05, 0) is 23.6 Å². The van der Waals surface area contributed by atoms with E-state index in [0.29, 0.717) is 6.54 Å². The molecule has 0 fully saturated rings. The van der Waals surface area contributed by atoms with Gasteiger partial charge in [-0.2, -0.15) is 0 Å². The van der Waals surface area contributed by atoms with Gasteiger partial charge in [0.2, 0.25) is 0 Å². The number of ether oxygens (including phenoxy) is 1. The minimum atomic E-state index is -0.930. The highest BCUT2D eigenvalue weighted by Gasteiger charge is 2.27. The second-order valence-electron chi connectivity index (χ2n) is 5.79. The third kappa shape index (κ3) is 4.59. The normalized spacial score (nSPS) is 11.8. The average molecular weight is 327 g/mol. The third-order valence-corrected chi connectivity index (χ3v) is 3.53. The van der Waals surface area contributed by atoms with E-state index in [2.05, 4.69) is 5.32 Å². The molecule has 5 nitrogen and oxygen atoms in total. The van der Waals surface area contributed by atoms with Gasteiger partial charge in [0.15, 0.2) is 6.10 Å². The average Bonchev–Trinajstić information content (AvgIpc) is 2.58. The molecule has 0 radical (unpaired) electrons. The van der Waals surface area contributed by atoms with Gasteiger partial charge in [0.05, 0.1) is 0 Å². The molecule has 24 heavy (non-hydrogen) atoms. The van der Waals surface area contributed by atoms with E-state index in [0.717, 1.165) is 5.56 Å². The number of carbonyl (C=O) groups is 2. The van der Waals surface area contributed by atoms with Crippen molar-refractivity contribution in [1.82, 2.24) is 5.32 Å². The lowest BCUT2D eigenvalue weighted by atomic mass is 10.1. The van der Waals surface area contributed by atoms with Crippen LogP contribution >= 0.6 is 0 Å². The maximum atomic E-state index is 12.4. The molecule has 0 saturated carbocycles. The molecule has 0 aromatic heterocycles. The Bertz CT molecular complexity index is 698. The Hall–Kier alpha value is -2.82. The third-order valence-electron chi connectivity index (χ3n) is 3.53. The number of nitrogens with one attached hydrogen (secondary N) is 1. The van der Waals surface area contributed by atoms with Crippen molar-refractivity contribution in [2.75, 3.05) is 0 Å². The Labute approximate surface area is 141 Å². The molecule has 0 bridgehead atoms. The van der Waals surface area contributed by atoms with Gasteiger partial charge < -0.3 is 15.2 Å². The van der Waals surface area contributed by atoms with Gasteiger partial charge in [0, 0.05) is 6.54 Å². The lowest BCUT2D eigenvalue weighted by Crippen LogP contribution is -2.40. The van der Waals surface area contributed by atoms with Crippen LogP contribution in [0.15, 0.2) is 54.6 Å². The van der Waals surface area contributed by atoms with E-state index in [1.807, 2.05) is 30.3 Å². The Kier molecular flexibility index (Phi) is 5.95. The Morgan fingerprint density at radius 1 is 1.04 bits per heavy atom. The molecule has 0 heterocycles. The van der Waals surface area contributed by atoms with Crippen LogP contribution in [-0.2, 0) is 16.1 Å². The number of hydrogen-bond donors (Lipinski definition) is 2. The number of aromatic hydroxyl groups is 1. The molecule has 5 heteroatoms. The fourth-order valence-corrected chi connectivity index (χ4v) is 2.20. The predicted molar refractivity (Wildman–Crippen MR) is 90.4 cm³/mol. The largest absolute Gasteiger partial charge is 0.507 e. The van der Waals surface area contributed by atoms with Crippen molar-refractivity contribution >= 4 is 11.9 Å². The number of phenols is 1. The molecule has 126 valence electrons. The van der Waals surface area contributed by atoms with Gasteiger partial charge in [0.25, 0.3) is 5.91 Å². The van der Waals surface area contributed by atoms with Crippen molar-refractivity contribution in [2.45, 2.75) is 26.5 Å². The van der Waals surface area contributed by atoms with E-state index >= 15 is 0 Å². The van der Waals surface area contributed by atoms with E-state index in [9.17, 15) is 14.7 Å². The summed E-state index contributed by atoms with van der Waals surface area (Å²) in [6.07, 6.45) is -0.930. The molecular weight excluding hydrogens is 306 g/mol. The van der Waals surface area contributed by atoms with Crippen LogP contribution in [0.5, 0.6) is 5.75 Å². The van der Waals surface area contributed by atoms with Crippen LogP contribution in [0.3, 0.4) is 0 Å². The number of rotatable bonds is 6. The molecule has 2 rings (SSSR count). The highest BCUT2D eigenvalue weighted by atomic mass is 16.5. The van der Waals surface area contributed by atoms with Gasteiger partial charge in [-0.25, -0.2) is 4.79 Å². The van der Waals surface area contributed by atoms with Crippen LogP contribution in [-0.4, -0.2) is 23.1 Å². The number of benzene rings is 2. The maximum Gasteiger partial charge on any atom is 0.342 e. The minimum absolute atomic E-state index is 0.0407.